The number of aryl methyl sites for hydroxylation is 1. The van der Waals surface area contributed by atoms with Gasteiger partial charge < -0.3 is 5.32 Å². The van der Waals surface area contributed by atoms with Gasteiger partial charge in [-0.25, -0.2) is 9.48 Å². The quantitative estimate of drug-likeness (QED) is 0.215. The molecule has 2 amide bonds. The molecule has 220 valence electrons. The lowest BCUT2D eigenvalue weighted by Crippen LogP contribution is -2.29. The Balaban J connectivity index is 1.24. The van der Waals surface area contributed by atoms with Gasteiger partial charge in [-0.2, -0.15) is 5.10 Å². The number of fused-ring (bicyclic) bond motifs is 1. The van der Waals surface area contributed by atoms with E-state index in [0.29, 0.717) is 5.82 Å². The van der Waals surface area contributed by atoms with Gasteiger partial charge in [-0.05, 0) is 68.1 Å². The third-order valence-corrected chi connectivity index (χ3v) is 8.14. The van der Waals surface area contributed by atoms with Gasteiger partial charge in [0.05, 0.1) is 22.8 Å². The van der Waals surface area contributed by atoms with E-state index in [1.54, 1.807) is 4.68 Å². The number of carbonyl (C=O) groups is 1. The second-order valence-corrected chi connectivity index (χ2v) is 12.6. The highest BCUT2D eigenvalue weighted by atomic mass is 16.2. The van der Waals surface area contributed by atoms with Gasteiger partial charge in [0.25, 0.3) is 0 Å². The number of hydrogen-bond donors (Lipinski definition) is 2. The first-order valence-corrected chi connectivity index (χ1v) is 15.2. The van der Waals surface area contributed by atoms with Crippen molar-refractivity contribution >= 4 is 28.3 Å². The van der Waals surface area contributed by atoms with E-state index in [0.717, 1.165) is 64.3 Å². The summed E-state index contributed by atoms with van der Waals surface area (Å²) in [6.07, 6.45) is 5.85. The van der Waals surface area contributed by atoms with Crippen LogP contribution in [0.4, 0.5) is 16.3 Å². The molecule has 0 spiro atoms. The summed E-state index contributed by atoms with van der Waals surface area (Å²) in [6.45, 7) is 11.6. The lowest BCUT2D eigenvalue weighted by molar-refractivity contribution is 0.218. The normalized spacial score (nSPS) is 14.1. The molecule has 43 heavy (non-hydrogen) atoms. The zero-order valence-corrected chi connectivity index (χ0v) is 25.5. The van der Waals surface area contributed by atoms with Crippen molar-refractivity contribution in [1.82, 2.24) is 19.7 Å². The van der Waals surface area contributed by atoms with Gasteiger partial charge in [-0.15, -0.1) is 0 Å². The molecule has 1 fully saturated rings. The Hall–Kier alpha value is -4.49. The number of carbonyl (C=O) groups excluding carboxylic acids is 1. The van der Waals surface area contributed by atoms with E-state index in [9.17, 15) is 4.79 Å². The Morgan fingerprint density at radius 1 is 0.860 bits per heavy atom. The van der Waals surface area contributed by atoms with Gasteiger partial charge in [0.1, 0.15) is 5.82 Å². The summed E-state index contributed by atoms with van der Waals surface area (Å²) >= 11 is 0. The largest absolute Gasteiger partial charge is 0.324 e. The zero-order chi connectivity index (χ0) is 30.0. The molecule has 1 aliphatic rings. The SMILES string of the molecule is Cc1ccc(-n2nc(C(C)(C)C)cc2NC(=O)Nc2ccc(-c3ccc(CN4CCCCC4)nc3)c3ccccc23)cc1. The average molecular weight is 573 g/mol. The number of aromatic nitrogens is 3. The number of nitrogens with one attached hydrogen (secondary N) is 2. The van der Waals surface area contributed by atoms with Crippen LogP contribution in [0.25, 0.3) is 27.6 Å². The minimum Gasteiger partial charge on any atom is -0.307 e. The Bertz CT molecular complexity index is 1730. The predicted molar refractivity (Wildman–Crippen MR) is 176 cm³/mol. The van der Waals surface area contributed by atoms with E-state index in [4.69, 9.17) is 10.1 Å². The van der Waals surface area contributed by atoms with Crippen LogP contribution in [-0.2, 0) is 12.0 Å². The highest BCUT2D eigenvalue weighted by Crippen LogP contribution is 2.34. The second-order valence-electron chi connectivity index (χ2n) is 12.6. The second kappa shape index (κ2) is 12.0. The van der Waals surface area contributed by atoms with E-state index in [1.807, 2.05) is 60.8 Å². The lowest BCUT2D eigenvalue weighted by atomic mass is 9.92. The van der Waals surface area contributed by atoms with E-state index in [2.05, 4.69) is 67.5 Å². The molecule has 2 N–H and O–H groups in total. The molecule has 1 saturated heterocycles. The third kappa shape index (κ3) is 6.47. The summed E-state index contributed by atoms with van der Waals surface area (Å²) in [6, 6.07) is 26.2. The van der Waals surface area contributed by atoms with Gasteiger partial charge in [-0.3, -0.25) is 15.2 Å². The highest BCUT2D eigenvalue weighted by molar-refractivity contribution is 6.09. The van der Waals surface area contributed by atoms with Crippen LogP contribution in [0.5, 0.6) is 0 Å². The first-order chi connectivity index (χ1) is 20.7. The lowest BCUT2D eigenvalue weighted by Gasteiger charge is -2.25. The van der Waals surface area contributed by atoms with Gasteiger partial charge in [0, 0.05) is 35.2 Å². The van der Waals surface area contributed by atoms with Crippen LogP contribution in [0.3, 0.4) is 0 Å². The topological polar surface area (TPSA) is 75.1 Å². The van der Waals surface area contributed by atoms with Crippen molar-refractivity contribution < 1.29 is 4.79 Å². The van der Waals surface area contributed by atoms with Crippen LogP contribution in [-0.4, -0.2) is 38.8 Å². The predicted octanol–water partition coefficient (Wildman–Crippen LogP) is 8.32. The molecule has 0 aliphatic carbocycles. The molecule has 7 nitrogen and oxygen atoms in total. The fourth-order valence-corrected chi connectivity index (χ4v) is 5.67. The van der Waals surface area contributed by atoms with Crippen LogP contribution in [0.15, 0.2) is 85.1 Å². The first kappa shape index (κ1) is 28.6. The van der Waals surface area contributed by atoms with E-state index < -0.39 is 0 Å². The molecule has 3 heterocycles. The number of benzene rings is 3. The molecule has 0 radical (unpaired) electrons. The van der Waals surface area contributed by atoms with Gasteiger partial charge in [0.15, 0.2) is 0 Å². The van der Waals surface area contributed by atoms with Gasteiger partial charge >= 0.3 is 6.03 Å². The van der Waals surface area contributed by atoms with Crippen LogP contribution >= 0.6 is 0 Å². The highest BCUT2D eigenvalue weighted by Gasteiger charge is 2.22. The van der Waals surface area contributed by atoms with E-state index >= 15 is 0 Å². The van der Waals surface area contributed by atoms with E-state index in [1.165, 1.54) is 24.8 Å². The Morgan fingerprint density at radius 2 is 1.60 bits per heavy atom. The molecular formula is C36H40N6O. The van der Waals surface area contributed by atoms with Gasteiger partial charge in [0.2, 0.25) is 0 Å². The maximum atomic E-state index is 13.4. The molecule has 1 aliphatic heterocycles. The van der Waals surface area contributed by atoms with Crippen LogP contribution < -0.4 is 10.6 Å². The minimum absolute atomic E-state index is 0.171. The van der Waals surface area contributed by atoms with Crippen molar-refractivity contribution in [2.24, 2.45) is 0 Å². The van der Waals surface area contributed by atoms with Crippen molar-refractivity contribution in [3.05, 3.63) is 102 Å². The Kier molecular flexibility index (Phi) is 8.00. The van der Waals surface area contributed by atoms with Crippen LogP contribution in [0.2, 0.25) is 0 Å². The van der Waals surface area contributed by atoms with Crippen molar-refractivity contribution in [3.63, 3.8) is 0 Å². The minimum atomic E-state index is -0.324. The van der Waals surface area contributed by atoms with Crippen molar-refractivity contribution in [2.75, 3.05) is 23.7 Å². The molecule has 0 unspecified atom stereocenters. The molecule has 3 aromatic carbocycles. The summed E-state index contributed by atoms with van der Waals surface area (Å²) in [7, 11) is 0. The smallest absolute Gasteiger partial charge is 0.307 e. The maximum Gasteiger partial charge on any atom is 0.324 e. The monoisotopic (exact) mass is 572 g/mol. The van der Waals surface area contributed by atoms with Crippen molar-refractivity contribution in [1.29, 1.82) is 0 Å². The van der Waals surface area contributed by atoms with Crippen molar-refractivity contribution in [3.8, 4) is 16.8 Å². The summed E-state index contributed by atoms with van der Waals surface area (Å²) in [5.74, 6) is 0.614. The standard InChI is InChI=1S/C36H40N6O/c1-25-12-16-28(17-13-25)42-34(22-33(40-42)36(2,3)4)39-35(43)38-32-19-18-29(30-10-6-7-11-31(30)32)26-14-15-27(37-23-26)24-41-20-8-5-9-21-41/h6-7,10-19,22-23H,5,8-9,20-21,24H2,1-4H3,(H2,38,39,43). The molecule has 0 saturated carbocycles. The Morgan fingerprint density at radius 3 is 2.30 bits per heavy atom. The van der Waals surface area contributed by atoms with Crippen molar-refractivity contribution in [2.45, 2.75) is 58.9 Å². The van der Waals surface area contributed by atoms with Crippen LogP contribution in [0, 0.1) is 6.92 Å². The van der Waals surface area contributed by atoms with E-state index in [-0.39, 0.29) is 11.4 Å². The number of rotatable bonds is 6. The summed E-state index contributed by atoms with van der Waals surface area (Å²) in [4.78, 5) is 20.7. The number of pyridine rings is 1. The molecule has 0 bridgehead atoms. The first-order valence-electron chi connectivity index (χ1n) is 15.2. The summed E-state index contributed by atoms with van der Waals surface area (Å²) in [5.41, 5.74) is 6.77. The van der Waals surface area contributed by atoms with Crippen LogP contribution in [0.1, 0.15) is 57.0 Å². The number of hydrogen-bond acceptors (Lipinski definition) is 4. The zero-order valence-electron chi connectivity index (χ0n) is 25.5. The maximum absolute atomic E-state index is 13.4. The Labute approximate surface area is 254 Å². The molecule has 5 aromatic rings. The molecule has 2 aromatic heterocycles. The average Bonchev–Trinajstić information content (AvgIpc) is 3.43. The number of amides is 2. The molecule has 6 rings (SSSR count). The number of likely N-dealkylation sites (tertiary alicyclic amines) is 1. The number of anilines is 2. The number of nitrogens with zero attached hydrogens (tertiary/aromatic N) is 4. The fourth-order valence-electron chi connectivity index (χ4n) is 5.67. The number of urea groups is 1. The summed E-state index contributed by atoms with van der Waals surface area (Å²) < 4.78 is 1.79. The third-order valence-electron chi connectivity index (χ3n) is 8.14. The van der Waals surface area contributed by atoms with Gasteiger partial charge in [-0.1, -0.05) is 81.3 Å². The fraction of sp³-hybridized carbons (Fsp3) is 0.306. The molecule has 0 atom stereocenters. The molecule has 7 heteroatoms. The molecular weight excluding hydrogens is 532 g/mol. The number of piperidine rings is 1. The summed E-state index contributed by atoms with van der Waals surface area (Å²) in [5, 5.41) is 13.0.